The lowest BCUT2D eigenvalue weighted by Gasteiger charge is -2.32. The normalized spacial score (nSPS) is 21.2. The molecule has 1 aromatic rings. The van der Waals surface area contributed by atoms with Gasteiger partial charge in [-0.3, -0.25) is 0 Å². The average Bonchev–Trinajstić information content (AvgIpc) is 2.63. The van der Waals surface area contributed by atoms with E-state index < -0.39 is 11.7 Å². The number of hydrogen-bond acceptors (Lipinski definition) is 2. The Morgan fingerprint density at radius 1 is 0.950 bits per heavy atom. The lowest BCUT2D eigenvalue weighted by molar-refractivity contribution is -0.0867. The van der Waals surface area contributed by atoms with Crippen LogP contribution in [0, 0.1) is 0 Å². The predicted molar refractivity (Wildman–Crippen MR) is 82.8 cm³/mol. The molecule has 2 nitrogen and oxygen atoms in total. The first-order valence-corrected chi connectivity index (χ1v) is 7.84. The SMILES string of the molecule is CC(C)(C)c1ccc(C(O)C2(O)CCCCCC2)cc1. The maximum absolute atomic E-state index is 10.8. The number of rotatable bonds is 2. The molecule has 1 aromatic carbocycles. The summed E-state index contributed by atoms with van der Waals surface area (Å²) >= 11 is 0. The standard InChI is InChI=1S/C18H28O2/c1-17(2,3)15-10-8-14(9-11-15)16(19)18(20)12-6-4-5-7-13-18/h8-11,16,19-20H,4-7,12-13H2,1-3H3. The second kappa shape index (κ2) is 5.87. The van der Waals surface area contributed by atoms with Gasteiger partial charge >= 0.3 is 0 Å². The number of benzene rings is 1. The van der Waals surface area contributed by atoms with Crippen LogP contribution in [-0.4, -0.2) is 15.8 Å². The van der Waals surface area contributed by atoms with E-state index >= 15 is 0 Å². The molecule has 112 valence electrons. The van der Waals surface area contributed by atoms with Crippen molar-refractivity contribution < 1.29 is 10.2 Å². The molecule has 2 rings (SSSR count). The summed E-state index contributed by atoms with van der Waals surface area (Å²) in [7, 11) is 0. The number of aliphatic hydroxyl groups excluding tert-OH is 1. The molecule has 0 aliphatic heterocycles. The molecule has 20 heavy (non-hydrogen) atoms. The Bertz CT molecular complexity index is 420. The summed E-state index contributed by atoms with van der Waals surface area (Å²) in [5, 5.41) is 21.3. The van der Waals surface area contributed by atoms with Gasteiger partial charge in [0.05, 0.1) is 5.60 Å². The zero-order valence-corrected chi connectivity index (χ0v) is 13.0. The minimum atomic E-state index is -0.945. The topological polar surface area (TPSA) is 40.5 Å². The highest BCUT2D eigenvalue weighted by molar-refractivity contribution is 5.29. The summed E-state index contributed by atoms with van der Waals surface area (Å²) in [6.07, 6.45) is 4.98. The highest BCUT2D eigenvalue weighted by Crippen LogP contribution is 2.37. The molecular weight excluding hydrogens is 248 g/mol. The third-order valence-corrected chi connectivity index (χ3v) is 4.57. The fourth-order valence-corrected chi connectivity index (χ4v) is 3.09. The van der Waals surface area contributed by atoms with E-state index in [2.05, 4.69) is 32.9 Å². The Labute approximate surface area is 122 Å². The second-order valence-electron chi connectivity index (χ2n) is 7.29. The highest BCUT2D eigenvalue weighted by atomic mass is 16.3. The van der Waals surface area contributed by atoms with Crippen molar-refractivity contribution in [3.8, 4) is 0 Å². The molecule has 1 fully saturated rings. The molecule has 0 saturated heterocycles. The van der Waals surface area contributed by atoms with Gasteiger partial charge in [-0.2, -0.15) is 0 Å². The molecule has 0 heterocycles. The van der Waals surface area contributed by atoms with Crippen molar-refractivity contribution >= 4 is 0 Å². The number of aliphatic hydroxyl groups is 2. The fraction of sp³-hybridized carbons (Fsp3) is 0.667. The van der Waals surface area contributed by atoms with E-state index in [1.807, 2.05) is 12.1 Å². The zero-order chi connectivity index (χ0) is 14.8. The van der Waals surface area contributed by atoms with E-state index in [1.165, 1.54) is 5.56 Å². The van der Waals surface area contributed by atoms with Crippen molar-refractivity contribution in [3.63, 3.8) is 0 Å². The van der Waals surface area contributed by atoms with Crippen molar-refractivity contribution in [1.82, 2.24) is 0 Å². The molecule has 1 saturated carbocycles. The van der Waals surface area contributed by atoms with Gasteiger partial charge in [-0.05, 0) is 29.4 Å². The van der Waals surface area contributed by atoms with Crippen LogP contribution >= 0.6 is 0 Å². The summed E-state index contributed by atoms with van der Waals surface area (Å²) in [5.41, 5.74) is 1.26. The Kier molecular flexibility index (Phi) is 4.55. The van der Waals surface area contributed by atoms with E-state index in [0.717, 1.165) is 31.2 Å². The molecule has 2 heteroatoms. The van der Waals surface area contributed by atoms with Crippen LogP contribution < -0.4 is 0 Å². The second-order valence-corrected chi connectivity index (χ2v) is 7.29. The van der Waals surface area contributed by atoms with Crippen LogP contribution in [0.5, 0.6) is 0 Å². The first-order valence-electron chi connectivity index (χ1n) is 7.84. The summed E-state index contributed by atoms with van der Waals surface area (Å²) in [6, 6.07) is 8.07. The van der Waals surface area contributed by atoms with Crippen molar-refractivity contribution in [2.75, 3.05) is 0 Å². The van der Waals surface area contributed by atoms with E-state index in [0.29, 0.717) is 12.8 Å². The van der Waals surface area contributed by atoms with Gasteiger partial charge in [0.15, 0.2) is 0 Å². The minimum absolute atomic E-state index is 0.114. The van der Waals surface area contributed by atoms with Gasteiger partial charge in [0, 0.05) is 0 Å². The molecule has 0 bridgehead atoms. The first kappa shape index (κ1) is 15.5. The Hall–Kier alpha value is -0.860. The minimum Gasteiger partial charge on any atom is -0.387 e. The monoisotopic (exact) mass is 276 g/mol. The lowest BCUT2D eigenvalue weighted by atomic mass is 9.82. The van der Waals surface area contributed by atoms with Crippen LogP contribution in [0.3, 0.4) is 0 Å². The van der Waals surface area contributed by atoms with Gasteiger partial charge < -0.3 is 10.2 Å². The van der Waals surface area contributed by atoms with E-state index in [1.54, 1.807) is 0 Å². The van der Waals surface area contributed by atoms with Crippen LogP contribution in [-0.2, 0) is 5.41 Å². The highest BCUT2D eigenvalue weighted by Gasteiger charge is 2.36. The average molecular weight is 276 g/mol. The molecule has 2 N–H and O–H groups in total. The molecule has 1 atom stereocenters. The Morgan fingerprint density at radius 3 is 1.90 bits per heavy atom. The van der Waals surface area contributed by atoms with Crippen molar-refractivity contribution in [1.29, 1.82) is 0 Å². The van der Waals surface area contributed by atoms with Crippen LogP contribution in [0.15, 0.2) is 24.3 Å². The summed E-state index contributed by atoms with van der Waals surface area (Å²) in [5.74, 6) is 0. The summed E-state index contributed by atoms with van der Waals surface area (Å²) in [4.78, 5) is 0. The predicted octanol–water partition coefficient (Wildman–Crippen LogP) is 4.10. The Morgan fingerprint density at radius 2 is 1.45 bits per heavy atom. The van der Waals surface area contributed by atoms with Gasteiger partial charge in [-0.25, -0.2) is 0 Å². The van der Waals surface area contributed by atoms with E-state index in [9.17, 15) is 10.2 Å². The van der Waals surface area contributed by atoms with Crippen LogP contribution in [0.25, 0.3) is 0 Å². The van der Waals surface area contributed by atoms with E-state index in [-0.39, 0.29) is 5.41 Å². The molecule has 0 spiro atoms. The molecule has 1 aliphatic carbocycles. The molecule has 1 unspecified atom stereocenters. The van der Waals surface area contributed by atoms with Crippen molar-refractivity contribution in [2.45, 2.75) is 76.4 Å². The maximum atomic E-state index is 10.8. The third kappa shape index (κ3) is 3.42. The van der Waals surface area contributed by atoms with Crippen LogP contribution in [0.2, 0.25) is 0 Å². The summed E-state index contributed by atoms with van der Waals surface area (Å²) < 4.78 is 0. The van der Waals surface area contributed by atoms with Gasteiger partial charge in [0.2, 0.25) is 0 Å². The van der Waals surface area contributed by atoms with Crippen molar-refractivity contribution in [2.24, 2.45) is 0 Å². The smallest absolute Gasteiger partial charge is 0.108 e. The molecule has 1 aliphatic rings. The Balaban J connectivity index is 2.17. The van der Waals surface area contributed by atoms with Gasteiger partial charge in [0.25, 0.3) is 0 Å². The maximum Gasteiger partial charge on any atom is 0.108 e. The fourth-order valence-electron chi connectivity index (χ4n) is 3.09. The zero-order valence-electron chi connectivity index (χ0n) is 13.0. The molecule has 0 radical (unpaired) electrons. The summed E-state index contributed by atoms with van der Waals surface area (Å²) in [6.45, 7) is 6.53. The quantitative estimate of drug-likeness (QED) is 0.798. The molecule has 0 amide bonds. The van der Waals surface area contributed by atoms with Gasteiger partial charge in [-0.1, -0.05) is 70.7 Å². The number of hydrogen-bond donors (Lipinski definition) is 2. The van der Waals surface area contributed by atoms with Crippen LogP contribution in [0.4, 0.5) is 0 Å². The molecule has 0 aromatic heterocycles. The largest absolute Gasteiger partial charge is 0.387 e. The van der Waals surface area contributed by atoms with E-state index in [4.69, 9.17) is 0 Å². The van der Waals surface area contributed by atoms with Gasteiger partial charge in [0.1, 0.15) is 6.10 Å². The lowest BCUT2D eigenvalue weighted by Crippen LogP contribution is -2.35. The molecular formula is C18H28O2. The van der Waals surface area contributed by atoms with Crippen molar-refractivity contribution in [3.05, 3.63) is 35.4 Å². The van der Waals surface area contributed by atoms with Gasteiger partial charge in [-0.15, -0.1) is 0 Å². The third-order valence-electron chi connectivity index (χ3n) is 4.57. The van der Waals surface area contributed by atoms with Crippen LogP contribution in [0.1, 0.15) is 76.5 Å². The first-order chi connectivity index (χ1) is 9.33.